The molecule has 0 radical (unpaired) electrons. The average molecular weight is 457 g/mol. The molecule has 1 N–H and O–H groups in total. The number of carbonyl (C=O) groups excluding carboxylic acids is 2. The van der Waals surface area contributed by atoms with Gasteiger partial charge in [0.25, 0.3) is 5.91 Å². The zero-order chi connectivity index (χ0) is 23.7. The lowest BCUT2D eigenvalue weighted by atomic mass is 10.0. The van der Waals surface area contributed by atoms with Gasteiger partial charge in [-0.2, -0.15) is 0 Å². The lowest BCUT2D eigenvalue weighted by Crippen LogP contribution is -2.54. The Morgan fingerprint density at radius 2 is 1.76 bits per heavy atom. The van der Waals surface area contributed by atoms with E-state index in [-0.39, 0.29) is 29.6 Å². The number of pyridine rings is 1. The van der Waals surface area contributed by atoms with Crippen molar-refractivity contribution in [2.45, 2.75) is 39.8 Å². The summed E-state index contributed by atoms with van der Waals surface area (Å²) in [7, 11) is 2.03. The number of rotatable bonds is 6. The molecule has 9 nitrogen and oxygen atoms in total. The molecule has 2 aromatic rings. The molecule has 4 rings (SSSR count). The van der Waals surface area contributed by atoms with Gasteiger partial charge >= 0.3 is 0 Å². The summed E-state index contributed by atoms with van der Waals surface area (Å²) < 4.78 is 12.7. The fourth-order valence-electron chi connectivity index (χ4n) is 4.38. The SMILES string of the molecule is CCn1cc(C(=O)N[C@@H](CC(C)C)C(=O)N2CCN(C)CC2)c(=O)c2cc3c(cc21)OCO3. The minimum Gasteiger partial charge on any atom is -0.454 e. The first-order chi connectivity index (χ1) is 15.8. The van der Waals surface area contributed by atoms with Crippen molar-refractivity contribution >= 4 is 22.7 Å². The maximum atomic E-state index is 13.3. The van der Waals surface area contributed by atoms with Crippen LogP contribution in [0.15, 0.2) is 23.1 Å². The summed E-state index contributed by atoms with van der Waals surface area (Å²) in [5.74, 6) is 0.647. The summed E-state index contributed by atoms with van der Waals surface area (Å²) in [6.07, 6.45) is 2.07. The number of hydrogen-bond acceptors (Lipinski definition) is 6. The van der Waals surface area contributed by atoms with Crippen LogP contribution in [0, 0.1) is 5.92 Å². The Balaban J connectivity index is 1.64. The Kier molecular flexibility index (Phi) is 6.60. The molecule has 1 fully saturated rings. The minimum absolute atomic E-state index is 0.0168. The van der Waals surface area contributed by atoms with Crippen LogP contribution in [-0.2, 0) is 11.3 Å². The molecule has 1 saturated heterocycles. The van der Waals surface area contributed by atoms with Crippen molar-refractivity contribution in [3.8, 4) is 11.5 Å². The molecule has 33 heavy (non-hydrogen) atoms. The van der Waals surface area contributed by atoms with E-state index in [4.69, 9.17) is 9.47 Å². The van der Waals surface area contributed by atoms with Gasteiger partial charge in [0.1, 0.15) is 11.6 Å². The zero-order valence-electron chi connectivity index (χ0n) is 19.7. The van der Waals surface area contributed by atoms with Gasteiger partial charge in [-0.25, -0.2) is 0 Å². The lowest BCUT2D eigenvalue weighted by Gasteiger charge is -2.35. The van der Waals surface area contributed by atoms with Gasteiger partial charge in [0.15, 0.2) is 11.5 Å². The highest BCUT2D eigenvalue weighted by Gasteiger charge is 2.30. The van der Waals surface area contributed by atoms with E-state index in [0.717, 1.165) is 13.1 Å². The van der Waals surface area contributed by atoms with Gasteiger partial charge in [0.05, 0.1) is 10.9 Å². The monoisotopic (exact) mass is 456 g/mol. The Bertz CT molecular complexity index is 1120. The van der Waals surface area contributed by atoms with E-state index in [1.807, 2.05) is 32.4 Å². The summed E-state index contributed by atoms with van der Waals surface area (Å²) in [5, 5.41) is 3.26. The van der Waals surface area contributed by atoms with Crippen LogP contribution in [0.2, 0.25) is 0 Å². The van der Waals surface area contributed by atoms with Crippen molar-refractivity contribution in [1.29, 1.82) is 0 Å². The third-order valence-electron chi connectivity index (χ3n) is 6.29. The number of amides is 2. The van der Waals surface area contributed by atoms with E-state index in [1.54, 1.807) is 23.2 Å². The van der Waals surface area contributed by atoms with Gasteiger partial charge in [-0.3, -0.25) is 14.4 Å². The van der Waals surface area contributed by atoms with Crippen LogP contribution < -0.4 is 20.2 Å². The average Bonchev–Trinajstić information content (AvgIpc) is 3.25. The number of benzene rings is 1. The van der Waals surface area contributed by atoms with Gasteiger partial charge < -0.3 is 29.2 Å². The standard InChI is InChI=1S/C24H32N4O5/c1-5-27-13-17(22(29)16-11-20-21(12-19(16)27)33-14-32-20)23(30)25-18(10-15(2)3)24(31)28-8-6-26(4)7-9-28/h11-13,15,18H,5-10,14H2,1-4H3,(H,25,30)/t18-/m0/s1. The van der Waals surface area contributed by atoms with Crippen molar-refractivity contribution in [2.75, 3.05) is 40.0 Å². The van der Waals surface area contributed by atoms with E-state index < -0.39 is 11.9 Å². The van der Waals surface area contributed by atoms with Crippen LogP contribution in [0.25, 0.3) is 10.9 Å². The maximum absolute atomic E-state index is 13.3. The first-order valence-corrected chi connectivity index (χ1v) is 11.5. The minimum atomic E-state index is -0.678. The van der Waals surface area contributed by atoms with Crippen molar-refractivity contribution in [2.24, 2.45) is 5.92 Å². The molecule has 9 heteroatoms. The number of aromatic nitrogens is 1. The Labute approximate surface area is 193 Å². The second kappa shape index (κ2) is 9.43. The van der Waals surface area contributed by atoms with Crippen molar-refractivity contribution in [3.05, 3.63) is 34.1 Å². The first-order valence-electron chi connectivity index (χ1n) is 11.5. The largest absolute Gasteiger partial charge is 0.454 e. The Morgan fingerprint density at radius 1 is 1.09 bits per heavy atom. The molecule has 0 spiro atoms. The molecule has 1 atom stereocenters. The number of piperazine rings is 1. The topological polar surface area (TPSA) is 93.1 Å². The quantitative estimate of drug-likeness (QED) is 0.711. The maximum Gasteiger partial charge on any atom is 0.257 e. The third-order valence-corrected chi connectivity index (χ3v) is 6.29. The molecular formula is C24H32N4O5. The van der Waals surface area contributed by atoms with E-state index >= 15 is 0 Å². The highest BCUT2D eigenvalue weighted by molar-refractivity contribution is 6.00. The predicted octanol–water partition coefficient (Wildman–Crippen LogP) is 1.67. The molecule has 2 amide bonds. The number of nitrogens with zero attached hydrogens (tertiary/aromatic N) is 3. The molecule has 2 aliphatic heterocycles. The molecule has 0 bridgehead atoms. The molecule has 0 saturated carbocycles. The molecule has 0 unspecified atom stereocenters. The summed E-state index contributed by atoms with van der Waals surface area (Å²) in [4.78, 5) is 43.8. The van der Waals surface area contributed by atoms with E-state index in [9.17, 15) is 14.4 Å². The highest BCUT2D eigenvalue weighted by Crippen LogP contribution is 2.35. The summed E-state index contributed by atoms with van der Waals surface area (Å²) >= 11 is 0. The van der Waals surface area contributed by atoms with E-state index in [0.29, 0.717) is 48.5 Å². The van der Waals surface area contributed by atoms with Crippen molar-refractivity contribution < 1.29 is 19.1 Å². The lowest BCUT2D eigenvalue weighted by molar-refractivity contribution is -0.135. The van der Waals surface area contributed by atoms with Gasteiger partial charge in [-0.1, -0.05) is 13.8 Å². The Morgan fingerprint density at radius 3 is 2.39 bits per heavy atom. The van der Waals surface area contributed by atoms with E-state index in [1.165, 1.54) is 0 Å². The summed E-state index contributed by atoms with van der Waals surface area (Å²) in [5.41, 5.74) is 0.305. The number of likely N-dealkylation sites (N-methyl/N-ethyl adjacent to an activating group) is 1. The molecule has 2 aliphatic rings. The van der Waals surface area contributed by atoms with Crippen molar-refractivity contribution in [1.82, 2.24) is 19.7 Å². The zero-order valence-corrected chi connectivity index (χ0v) is 19.7. The fourth-order valence-corrected chi connectivity index (χ4v) is 4.38. The number of hydrogen-bond donors (Lipinski definition) is 1. The number of fused-ring (bicyclic) bond motifs is 2. The molecule has 1 aromatic heterocycles. The van der Waals surface area contributed by atoms with Crippen LogP contribution in [0.3, 0.4) is 0 Å². The van der Waals surface area contributed by atoms with Crippen LogP contribution in [0.5, 0.6) is 11.5 Å². The van der Waals surface area contributed by atoms with Crippen molar-refractivity contribution in [3.63, 3.8) is 0 Å². The number of ether oxygens (including phenoxy) is 2. The van der Waals surface area contributed by atoms with E-state index in [2.05, 4.69) is 10.2 Å². The normalized spacial score (nSPS) is 16.9. The van der Waals surface area contributed by atoms with Crippen LogP contribution in [0.4, 0.5) is 0 Å². The molecule has 3 heterocycles. The molecule has 178 valence electrons. The smallest absolute Gasteiger partial charge is 0.257 e. The van der Waals surface area contributed by atoms with Gasteiger partial charge in [-0.05, 0) is 32.4 Å². The first kappa shape index (κ1) is 23.1. The van der Waals surface area contributed by atoms with Gasteiger partial charge in [-0.15, -0.1) is 0 Å². The van der Waals surface area contributed by atoms with Gasteiger partial charge in [0.2, 0.25) is 18.1 Å². The Hall–Kier alpha value is -3.07. The van der Waals surface area contributed by atoms with Crippen LogP contribution >= 0.6 is 0 Å². The molecule has 0 aliphatic carbocycles. The summed E-state index contributed by atoms with van der Waals surface area (Å²) in [6, 6.07) is 2.72. The number of aryl methyl sites for hydroxylation is 1. The molecule has 1 aromatic carbocycles. The third kappa shape index (κ3) is 4.68. The number of nitrogens with one attached hydrogen (secondary N) is 1. The second-order valence-electron chi connectivity index (χ2n) is 9.16. The molecular weight excluding hydrogens is 424 g/mol. The van der Waals surface area contributed by atoms with Gasteiger partial charge in [0, 0.05) is 45.0 Å². The predicted molar refractivity (Wildman–Crippen MR) is 125 cm³/mol. The highest BCUT2D eigenvalue weighted by atomic mass is 16.7. The summed E-state index contributed by atoms with van der Waals surface area (Å²) in [6.45, 7) is 9.49. The van der Waals surface area contributed by atoms with Crippen LogP contribution in [0.1, 0.15) is 37.6 Å². The van der Waals surface area contributed by atoms with Crippen LogP contribution in [-0.4, -0.2) is 72.2 Å². The fraction of sp³-hybridized carbons (Fsp3) is 0.542. The number of carbonyl (C=O) groups is 2. The second-order valence-corrected chi connectivity index (χ2v) is 9.16.